The molecule has 1 unspecified atom stereocenters. The highest BCUT2D eigenvalue weighted by Crippen LogP contribution is 2.21. The summed E-state index contributed by atoms with van der Waals surface area (Å²) in [6.07, 6.45) is 3.55. The first-order chi connectivity index (χ1) is 8.66. The van der Waals surface area contributed by atoms with Gasteiger partial charge in [0.1, 0.15) is 5.82 Å². The van der Waals surface area contributed by atoms with E-state index in [4.69, 9.17) is 0 Å². The smallest absolute Gasteiger partial charge is 0.137 e. The van der Waals surface area contributed by atoms with Crippen molar-refractivity contribution in [2.75, 3.05) is 0 Å². The SMILES string of the molecule is CC(NCc1ccncc1)c1ccc(F)c(Br)c1. The topological polar surface area (TPSA) is 24.9 Å². The van der Waals surface area contributed by atoms with Crippen LogP contribution in [0, 0.1) is 5.82 Å². The van der Waals surface area contributed by atoms with Crippen molar-refractivity contribution >= 4 is 15.9 Å². The number of hydrogen-bond donors (Lipinski definition) is 1. The molecule has 0 saturated carbocycles. The van der Waals surface area contributed by atoms with Gasteiger partial charge in [-0.25, -0.2) is 4.39 Å². The molecule has 0 fully saturated rings. The molecule has 18 heavy (non-hydrogen) atoms. The minimum atomic E-state index is -0.236. The third kappa shape index (κ3) is 3.37. The van der Waals surface area contributed by atoms with Gasteiger partial charge in [0.2, 0.25) is 0 Å². The number of nitrogens with zero attached hydrogens (tertiary/aromatic N) is 1. The molecule has 0 saturated heterocycles. The summed E-state index contributed by atoms with van der Waals surface area (Å²) in [5, 5.41) is 3.39. The lowest BCUT2D eigenvalue weighted by molar-refractivity contribution is 0.569. The van der Waals surface area contributed by atoms with Gasteiger partial charge in [0, 0.05) is 25.0 Å². The van der Waals surface area contributed by atoms with Gasteiger partial charge in [-0.2, -0.15) is 0 Å². The van der Waals surface area contributed by atoms with Crippen LogP contribution in [0.25, 0.3) is 0 Å². The third-order valence-electron chi connectivity index (χ3n) is 2.81. The Morgan fingerprint density at radius 3 is 2.67 bits per heavy atom. The zero-order valence-electron chi connectivity index (χ0n) is 10.0. The van der Waals surface area contributed by atoms with Crippen molar-refractivity contribution in [1.29, 1.82) is 0 Å². The molecule has 0 aliphatic carbocycles. The molecular formula is C14H14BrFN2. The number of rotatable bonds is 4. The van der Waals surface area contributed by atoms with Crippen LogP contribution in [-0.2, 0) is 6.54 Å². The summed E-state index contributed by atoms with van der Waals surface area (Å²) in [6, 6.07) is 9.18. The average Bonchev–Trinajstić information content (AvgIpc) is 2.40. The summed E-state index contributed by atoms with van der Waals surface area (Å²) < 4.78 is 13.6. The van der Waals surface area contributed by atoms with Crippen molar-refractivity contribution in [2.45, 2.75) is 19.5 Å². The Morgan fingerprint density at radius 1 is 1.28 bits per heavy atom. The molecule has 1 atom stereocenters. The minimum absolute atomic E-state index is 0.162. The lowest BCUT2D eigenvalue weighted by atomic mass is 10.1. The highest BCUT2D eigenvalue weighted by Gasteiger charge is 2.07. The summed E-state index contributed by atoms with van der Waals surface area (Å²) >= 11 is 3.20. The average molecular weight is 309 g/mol. The van der Waals surface area contributed by atoms with Crippen LogP contribution in [0.1, 0.15) is 24.1 Å². The molecule has 4 heteroatoms. The van der Waals surface area contributed by atoms with Crippen molar-refractivity contribution in [3.05, 3.63) is 64.1 Å². The number of pyridine rings is 1. The van der Waals surface area contributed by atoms with E-state index in [1.165, 1.54) is 11.6 Å². The van der Waals surface area contributed by atoms with E-state index in [2.05, 4.69) is 33.2 Å². The Morgan fingerprint density at radius 2 is 2.00 bits per heavy atom. The normalized spacial score (nSPS) is 12.4. The molecule has 1 aromatic carbocycles. The Kier molecular flexibility index (Phi) is 4.44. The molecule has 2 rings (SSSR count). The first-order valence-corrected chi connectivity index (χ1v) is 6.53. The van der Waals surface area contributed by atoms with Crippen molar-refractivity contribution in [1.82, 2.24) is 10.3 Å². The number of halogens is 2. The molecule has 0 bridgehead atoms. The van der Waals surface area contributed by atoms with Gasteiger partial charge in [0.15, 0.2) is 0 Å². The number of hydrogen-bond acceptors (Lipinski definition) is 2. The van der Waals surface area contributed by atoms with E-state index in [1.807, 2.05) is 12.1 Å². The van der Waals surface area contributed by atoms with Gasteiger partial charge in [0.05, 0.1) is 4.47 Å². The Hall–Kier alpha value is -1.26. The Labute approximate surface area is 114 Å². The van der Waals surface area contributed by atoms with E-state index < -0.39 is 0 Å². The van der Waals surface area contributed by atoms with Crippen molar-refractivity contribution in [3.8, 4) is 0 Å². The standard InChI is InChI=1S/C14H14BrFN2/c1-10(12-2-3-14(16)13(15)8-12)18-9-11-4-6-17-7-5-11/h2-8,10,18H,9H2,1H3. The molecule has 94 valence electrons. The predicted octanol–water partition coefficient (Wildman–Crippen LogP) is 3.83. The van der Waals surface area contributed by atoms with Gasteiger partial charge in [-0.05, 0) is 58.2 Å². The van der Waals surface area contributed by atoms with E-state index in [9.17, 15) is 4.39 Å². The lowest BCUT2D eigenvalue weighted by Gasteiger charge is -2.14. The number of aromatic nitrogens is 1. The summed E-state index contributed by atoms with van der Waals surface area (Å²) in [7, 11) is 0. The van der Waals surface area contributed by atoms with E-state index in [-0.39, 0.29) is 11.9 Å². The summed E-state index contributed by atoms with van der Waals surface area (Å²) in [6.45, 7) is 2.82. The second-order valence-electron chi connectivity index (χ2n) is 4.13. The van der Waals surface area contributed by atoms with Gasteiger partial charge < -0.3 is 5.32 Å². The highest BCUT2D eigenvalue weighted by molar-refractivity contribution is 9.10. The van der Waals surface area contributed by atoms with Gasteiger partial charge in [0.25, 0.3) is 0 Å². The molecule has 2 nitrogen and oxygen atoms in total. The number of benzene rings is 1. The Balaban J connectivity index is 1.99. The minimum Gasteiger partial charge on any atom is -0.306 e. The fourth-order valence-corrected chi connectivity index (χ4v) is 2.07. The van der Waals surface area contributed by atoms with E-state index >= 15 is 0 Å². The first kappa shape index (κ1) is 13.2. The first-order valence-electron chi connectivity index (χ1n) is 5.74. The van der Waals surface area contributed by atoms with Gasteiger partial charge >= 0.3 is 0 Å². The van der Waals surface area contributed by atoms with Crippen LogP contribution in [0.3, 0.4) is 0 Å². The second-order valence-corrected chi connectivity index (χ2v) is 4.99. The molecule has 0 aliphatic rings. The molecular weight excluding hydrogens is 295 g/mol. The molecule has 1 heterocycles. The molecule has 1 aromatic heterocycles. The fourth-order valence-electron chi connectivity index (χ4n) is 1.67. The zero-order chi connectivity index (χ0) is 13.0. The molecule has 0 aliphatic heterocycles. The quantitative estimate of drug-likeness (QED) is 0.928. The van der Waals surface area contributed by atoms with Crippen molar-refractivity contribution in [3.63, 3.8) is 0 Å². The second kappa shape index (κ2) is 6.07. The van der Waals surface area contributed by atoms with Crippen LogP contribution in [0.2, 0.25) is 0 Å². The van der Waals surface area contributed by atoms with Crippen LogP contribution in [-0.4, -0.2) is 4.98 Å². The van der Waals surface area contributed by atoms with Crippen LogP contribution >= 0.6 is 15.9 Å². The van der Waals surface area contributed by atoms with E-state index in [1.54, 1.807) is 24.5 Å². The maximum atomic E-state index is 13.1. The lowest BCUT2D eigenvalue weighted by Crippen LogP contribution is -2.18. The van der Waals surface area contributed by atoms with Gasteiger partial charge in [-0.15, -0.1) is 0 Å². The Bertz CT molecular complexity index is 516. The van der Waals surface area contributed by atoms with Crippen LogP contribution in [0.15, 0.2) is 47.2 Å². The summed E-state index contributed by atoms with van der Waals surface area (Å²) in [5.41, 5.74) is 2.23. The molecule has 2 aromatic rings. The van der Waals surface area contributed by atoms with E-state index in [0.29, 0.717) is 4.47 Å². The maximum absolute atomic E-state index is 13.1. The predicted molar refractivity (Wildman–Crippen MR) is 73.6 cm³/mol. The van der Waals surface area contributed by atoms with Crippen molar-refractivity contribution < 1.29 is 4.39 Å². The summed E-state index contributed by atoms with van der Waals surface area (Å²) in [4.78, 5) is 3.98. The number of nitrogens with one attached hydrogen (secondary N) is 1. The maximum Gasteiger partial charge on any atom is 0.137 e. The molecule has 0 radical (unpaired) electrons. The van der Waals surface area contributed by atoms with Crippen LogP contribution in [0.4, 0.5) is 4.39 Å². The summed E-state index contributed by atoms with van der Waals surface area (Å²) in [5.74, 6) is -0.236. The van der Waals surface area contributed by atoms with Crippen LogP contribution < -0.4 is 5.32 Å². The largest absolute Gasteiger partial charge is 0.306 e. The zero-order valence-corrected chi connectivity index (χ0v) is 11.6. The van der Waals surface area contributed by atoms with Crippen LogP contribution in [0.5, 0.6) is 0 Å². The van der Waals surface area contributed by atoms with E-state index in [0.717, 1.165) is 12.1 Å². The van der Waals surface area contributed by atoms with Gasteiger partial charge in [-0.3, -0.25) is 4.98 Å². The third-order valence-corrected chi connectivity index (χ3v) is 3.41. The molecule has 1 N–H and O–H groups in total. The highest BCUT2D eigenvalue weighted by atomic mass is 79.9. The van der Waals surface area contributed by atoms with Crippen molar-refractivity contribution in [2.24, 2.45) is 0 Å². The monoisotopic (exact) mass is 308 g/mol. The van der Waals surface area contributed by atoms with Gasteiger partial charge in [-0.1, -0.05) is 6.07 Å². The molecule has 0 amide bonds. The molecule has 0 spiro atoms. The fraction of sp³-hybridized carbons (Fsp3) is 0.214.